The quantitative estimate of drug-likeness (QED) is 0.925. The van der Waals surface area contributed by atoms with Crippen LogP contribution >= 0.6 is 0 Å². The van der Waals surface area contributed by atoms with Crippen molar-refractivity contribution in [2.75, 3.05) is 16.8 Å². The maximum absolute atomic E-state index is 4.71. The third kappa shape index (κ3) is 3.44. The molecule has 0 amide bonds. The number of aromatic nitrogens is 3. The van der Waals surface area contributed by atoms with Crippen LogP contribution in [0.25, 0.3) is 0 Å². The Labute approximate surface area is 138 Å². The van der Waals surface area contributed by atoms with Crippen LogP contribution in [-0.4, -0.2) is 27.8 Å². The van der Waals surface area contributed by atoms with Crippen molar-refractivity contribution in [3.05, 3.63) is 35.5 Å². The molecule has 0 spiro atoms. The molecule has 0 saturated carbocycles. The van der Waals surface area contributed by atoms with Gasteiger partial charge in [0.05, 0.1) is 6.20 Å². The van der Waals surface area contributed by atoms with Gasteiger partial charge in [0.2, 0.25) is 5.95 Å². The fourth-order valence-corrected chi connectivity index (χ4v) is 3.30. The monoisotopic (exact) mass is 311 g/mol. The Bertz CT molecular complexity index is 650. The number of rotatable bonds is 4. The summed E-state index contributed by atoms with van der Waals surface area (Å²) in [6.45, 7) is 7.45. The molecule has 23 heavy (non-hydrogen) atoms. The van der Waals surface area contributed by atoms with Gasteiger partial charge >= 0.3 is 0 Å². The van der Waals surface area contributed by atoms with Crippen molar-refractivity contribution in [3.63, 3.8) is 0 Å². The van der Waals surface area contributed by atoms with Crippen LogP contribution in [0.3, 0.4) is 0 Å². The second-order valence-corrected chi connectivity index (χ2v) is 6.28. The van der Waals surface area contributed by atoms with E-state index >= 15 is 0 Å². The number of benzene rings is 1. The molecule has 0 bridgehead atoms. The van der Waals surface area contributed by atoms with E-state index in [9.17, 15) is 0 Å². The molecule has 5 nitrogen and oxygen atoms in total. The molecule has 122 valence electrons. The van der Waals surface area contributed by atoms with Crippen molar-refractivity contribution in [2.45, 2.75) is 52.5 Å². The van der Waals surface area contributed by atoms with Gasteiger partial charge in [0, 0.05) is 18.3 Å². The molecule has 0 radical (unpaired) electrons. The van der Waals surface area contributed by atoms with Gasteiger partial charge in [-0.2, -0.15) is 10.1 Å². The molecular formula is C18H25N5. The minimum atomic E-state index is 0.529. The molecule has 1 fully saturated rings. The highest BCUT2D eigenvalue weighted by atomic mass is 15.3. The number of nitrogens with zero attached hydrogens (tertiary/aromatic N) is 4. The first kappa shape index (κ1) is 15.7. The number of hydrogen-bond acceptors (Lipinski definition) is 5. The van der Waals surface area contributed by atoms with Gasteiger partial charge in [-0.1, -0.05) is 25.1 Å². The van der Waals surface area contributed by atoms with Crippen LogP contribution in [0.1, 0.15) is 43.7 Å². The minimum absolute atomic E-state index is 0.529. The molecule has 1 unspecified atom stereocenters. The summed E-state index contributed by atoms with van der Waals surface area (Å²) in [6, 6.07) is 6.80. The van der Waals surface area contributed by atoms with Gasteiger partial charge in [0.15, 0.2) is 5.82 Å². The second kappa shape index (κ2) is 6.94. The summed E-state index contributed by atoms with van der Waals surface area (Å²) in [5.74, 6) is 1.50. The molecule has 1 aliphatic rings. The average Bonchev–Trinajstić information content (AvgIpc) is 2.58. The van der Waals surface area contributed by atoms with E-state index in [0.29, 0.717) is 6.04 Å². The van der Waals surface area contributed by atoms with Crippen molar-refractivity contribution in [3.8, 4) is 0 Å². The van der Waals surface area contributed by atoms with Gasteiger partial charge in [-0.3, -0.25) is 0 Å². The molecule has 2 aromatic rings. The first-order valence-corrected chi connectivity index (χ1v) is 8.48. The molecule has 1 aliphatic heterocycles. The first-order valence-electron chi connectivity index (χ1n) is 8.48. The van der Waals surface area contributed by atoms with E-state index in [4.69, 9.17) is 4.98 Å². The standard InChI is InChI=1S/C18H25N5/c1-4-15-10-5-6-11-23(15)18-21-16(12-19-22-18)20-17-13(2)8-7-9-14(17)3/h7-9,12,15H,4-6,10-11H2,1-3H3,(H,20,21,22). The highest BCUT2D eigenvalue weighted by molar-refractivity contribution is 5.64. The Hall–Kier alpha value is -2.17. The van der Waals surface area contributed by atoms with E-state index in [1.165, 1.54) is 30.4 Å². The lowest BCUT2D eigenvalue weighted by Gasteiger charge is -2.34. The van der Waals surface area contributed by atoms with E-state index in [1.54, 1.807) is 6.20 Å². The Balaban J connectivity index is 1.85. The highest BCUT2D eigenvalue weighted by Gasteiger charge is 2.23. The van der Waals surface area contributed by atoms with Crippen LogP contribution in [0, 0.1) is 13.8 Å². The Morgan fingerprint density at radius 1 is 1.22 bits per heavy atom. The SMILES string of the molecule is CCC1CCCCN1c1nncc(Nc2c(C)cccc2C)n1. The zero-order chi connectivity index (χ0) is 16.2. The summed E-state index contributed by atoms with van der Waals surface area (Å²) in [5, 5.41) is 11.9. The van der Waals surface area contributed by atoms with Crippen molar-refractivity contribution in [2.24, 2.45) is 0 Å². The van der Waals surface area contributed by atoms with Crippen LogP contribution in [0.5, 0.6) is 0 Å². The predicted molar refractivity (Wildman–Crippen MR) is 94.3 cm³/mol. The summed E-state index contributed by atoms with van der Waals surface area (Å²) in [7, 11) is 0. The van der Waals surface area contributed by atoms with Gasteiger partial charge < -0.3 is 10.2 Å². The van der Waals surface area contributed by atoms with Crippen molar-refractivity contribution >= 4 is 17.5 Å². The summed E-state index contributed by atoms with van der Waals surface area (Å²) < 4.78 is 0. The van der Waals surface area contributed by atoms with Crippen LogP contribution in [0.2, 0.25) is 0 Å². The lowest BCUT2D eigenvalue weighted by Crippen LogP contribution is -2.40. The molecule has 3 rings (SSSR count). The zero-order valence-corrected chi connectivity index (χ0v) is 14.2. The van der Waals surface area contributed by atoms with Gasteiger partial charge in [0.25, 0.3) is 0 Å². The lowest BCUT2D eigenvalue weighted by molar-refractivity contribution is 0.442. The number of nitrogens with one attached hydrogen (secondary N) is 1. The molecule has 0 aliphatic carbocycles. The molecule has 5 heteroatoms. The van der Waals surface area contributed by atoms with Gasteiger partial charge in [-0.15, -0.1) is 5.10 Å². The molecule has 1 aromatic heterocycles. The number of para-hydroxylation sites is 1. The van der Waals surface area contributed by atoms with E-state index in [-0.39, 0.29) is 0 Å². The number of anilines is 3. The summed E-state index contributed by atoms with van der Waals surface area (Å²) in [4.78, 5) is 7.03. The summed E-state index contributed by atoms with van der Waals surface area (Å²) in [6.07, 6.45) is 6.53. The molecule has 1 atom stereocenters. The lowest BCUT2D eigenvalue weighted by atomic mass is 10.0. The third-order valence-corrected chi connectivity index (χ3v) is 4.64. The Morgan fingerprint density at radius 3 is 2.74 bits per heavy atom. The maximum Gasteiger partial charge on any atom is 0.247 e. The molecule has 1 N–H and O–H groups in total. The smallest absolute Gasteiger partial charge is 0.247 e. The number of aryl methyl sites for hydroxylation is 2. The van der Waals surface area contributed by atoms with Crippen molar-refractivity contribution in [1.82, 2.24) is 15.2 Å². The van der Waals surface area contributed by atoms with Crippen LogP contribution in [0.4, 0.5) is 17.5 Å². The fraction of sp³-hybridized carbons (Fsp3) is 0.500. The largest absolute Gasteiger partial charge is 0.338 e. The van der Waals surface area contributed by atoms with E-state index in [2.05, 4.69) is 59.4 Å². The van der Waals surface area contributed by atoms with Gasteiger partial charge in [0.1, 0.15) is 0 Å². The normalized spacial score (nSPS) is 18.0. The fourth-order valence-electron chi connectivity index (χ4n) is 3.30. The highest BCUT2D eigenvalue weighted by Crippen LogP contribution is 2.26. The van der Waals surface area contributed by atoms with Crippen LogP contribution < -0.4 is 10.2 Å². The minimum Gasteiger partial charge on any atom is -0.338 e. The summed E-state index contributed by atoms with van der Waals surface area (Å²) in [5.41, 5.74) is 3.51. The third-order valence-electron chi connectivity index (χ3n) is 4.64. The Morgan fingerprint density at radius 2 is 2.00 bits per heavy atom. The zero-order valence-electron chi connectivity index (χ0n) is 14.2. The van der Waals surface area contributed by atoms with Gasteiger partial charge in [-0.25, -0.2) is 0 Å². The van der Waals surface area contributed by atoms with Crippen LogP contribution in [-0.2, 0) is 0 Å². The molecule has 1 aromatic carbocycles. The Kier molecular flexibility index (Phi) is 4.74. The molecular weight excluding hydrogens is 286 g/mol. The topological polar surface area (TPSA) is 53.9 Å². The first-order chi connectivity index (χ1) is 11.2. The van der Waals surface area contributed by atoms with Crippen molar-refractivity contribution < 1.29 is 0 Å². The summed E-state index contributed by atoms with van der Waals surface area (Å²) >= 11 is 0. The van der Waals surface area contributed by atoms with E-state index < -0.39 is 0 Å². The van der Waals surface area contributed by atoms with E-state index in [1.807, 2.05) is 0 Å². The number of piperidine rings is 1. The van der Waals surface area contributed by atoms with E-state index in [0.717, 1.165) is 30.4 Å². The van der Waals surface area contributed by atoms with Crippen molar-refractivity contribution in [1.29, 1.82) is 0 Å². The van der Waals surface area contributed by atoms with Crippen LogP contribution in [0.15, 0.2) is 24.4 Å². The molecule has 1 saturated heterocycles. The molecule has 2 heterocycles. The predicted octanol–water partition coefficient (Wildman–Crippen LogP) is 4.00. The second-order valence-electron chi connectivity index (χ2n) is 6.28. The maximum atomic E-state index is 4.71. The van der Waals surface area contributed by atoms with Gasteiger partial charge in [-0.05, 0) is 50.7 Å². The number of hydrogen-bond donors (Lipinski definition) is 1. The average molecular weight is 311 g/mol.